The molecule has 1 atom stereocenters. The number of nitrogens with one attached hydrogen (secondary N) is 3. The van der Waals surface area contributed by atoms with E-state index < -0.39 is 0 Å². The van der Waals surface area contributed by atoms with Crippen LogP contribution in [0.5, 0.6) is 0 Å². The van der Waals surface area contributed by atoms with Crippen molar-refractivity contribution in [3.63, 3.8) is 0 Å². The lowest BCUT2D eigenvalue weighted by Crippen LogP contribution is -2.30. The zero-order valence-electron chi connectivity index (χ0n) is 12.5. The molecule has 3 N–H and O–H groups in total. The number of hydrogen-bond donors (Lipinski definition) is 3. The van der Waals surface area contributed by atoms with Crippen LogP contribution in [0.15, 0.2) is 18.2 Å². The number of benzene rings is 1. The lowest BCUT2D eigenvalue weighted by Gasteiger charge is -2.14. The second-order valence-electron chi connectivity index (χ2n) is 4.77. The highest BCUT2D eigenvalue weighted by Crippen LogP contribution is 2.19. The van der Waals surface area contributed by atoms with Crippen LogP contribution in [-0.2, 0) is 4.79 Å². The van der Waals surface area contributed by atoms with Gasteiger partial charge < -0.3 is 16.0 Å². The Morgan fingerprint density at radius 3 is 2.60 bits per heavy atom. The van der Waals surface area contributed by atoms with Crippen molar-refractivity contribution in [1.82, 2.24) is 10.6 Å². The predicted octanol–water partition coefficient (Wildman–Crippen LogP) is 1.68. The van der Waals surface area contributed by atoms with Gasteiger partial charge in [0.1, 0.15) is 0 Å². The Bertz CT molecular complexity index is 486. The van der Waals surface area contributed by atoms with Gasteiger partial charge in [-0.15, -0.1) is 0 Å². The van der Waals surface area contributed by atoms with Crippen LogP contribution in [0.25, 0.3) is 0 Å². The van der Waals surface area contributed by atoms with Crippen molar-refractivity contribution in [2.24, 2.45) is 0 Å². The maximum absolute atomic E-state index is 11.9. The van der Waals surface area contributed by atoms with Gasteiger partial charge in [-0.25, -0.2) is 0 Å². The minimum absolute atomic E-state index is 0.0596. The van der Waals surface area contributed by atoms with Gasteiger partial charge in [-0.05, 0) is 38.1 Å². The Hall–Kier alpha value is -1.88. The normalized spacial score (nSPS) is 11.8. The molecule has 5 heteroatoms. The highest BCUT2D eigenvalue weighted by atomic mass is 16.2. The molecule has 0 fully saturated rings. The zero-order valence-corrected chi connectivity index (χ0v) is 12.5. The Kier molecular flexibility index (Phi) is 6.18. The first-order valence-corrected chi connectivity index (χ1v) is 6.84. The van der Waals surface area contributed by atoms with Crippen molar-refractivity contribution in [3.05, 3.63) is 29.3 Å². The molecule has 0 radical (unpaired) electrons. The van der Waals surface area contributed by atoms with Crippen molar-refractivity contribution in [2.75, 3.05) is 18.9 Å². The minimum Gasteiger partial charge on any atom is -0.355 e. The van der Waals surface area contributed by atoms with Crippen molar-refractivity contribution < 1.29 is 9.59 Å². The molecule has 0 aromatic heterocycles. The molecule has 0 saturated heterocycles. The van der Waals surface area contributed by atoms with Gasteiger partial charge in [-0.2, -0.15) is 0 Å². The van der Waals surface area contributed by atoms with Gasteiger partial charge in [-0.1, -0.05) is 13.0 Å². The SMILES string of the molecule is CCNC(C)CC(=O)Nc1cccc(C(=O)NC)c1C. The van der Waals surface area contributed by atoms with Crippen LogP contribution in [0.2, 0.25) is 0 Å². The maximum Gasteiger partial charge on any atom is 0.251 e. The zero-order chi connectivity index (χ0) is 15.1. The third-order valence-electron chi connectivity index (χ3n) is 3.12. The Morgan fingerprint density at radius 2 is 2.00 bits per heavy atom. The van der Waals surface area contributed by atoms with E-state index >= 15 is 0 Å². The standard InChI is InChI=1S/C15H23N3O2/c1-5-17-10(2)9-14(19)18-13-8-6-7-12(11(13)3)15(20)16-4/h6-8,10,17H,5,9H2,1-4H3,(H,16,20)(H,18,19). The summed E-state index contributed by atoms with van der Waals surface area (Å²) in [6.45, 7) is 6.63. The van der Waals surface area contributed by atoms with Gasteiger partial charge in [0.2, 0.25) is 5.91 Å². The van der Waals surface area contributed by atoms with E-state index in [1.54, 1.807) is 25.2 Å². The van der Waals surface area contributed by atoms with E-state index in [0.717, 1.165) is 12.1 Å². The predicted molar refractivity (Wildman–Crippen MR) is 81.0 cm³/mol. The second-order valence-corrected chi connectivity index (χ2v) is 4.77. The third kappa shape index (κ3) is 4.35. The van der Waals surface area contributed by atoms with Gasteiger partial charge in [0, 0.05) is 30.8 Å². The number of carbonyl (C=O) groups is 2. The monoisotopic (exact) mass is 277 g/mol. The molecule has 2 amide bonds. The van der Waals surface area contributed by atoms with Crippen molar-refractivity contribution in [1.29, 1.82) is 0 Å². The van der Waals surface area contributed by atoms with Gasteiger partial charge in [0.15, 0.2) is 0 Å². The third-order valence-corrected chi connectivity index (χ3v) is 3.12. The van der Waals surface area contributed by atoms with Crippen LogP contribution in [0.4, 0.5) is 5.69 Å². The highest BCUT2D eigenvalue weighted by Gasteiger charge is 2.13. The van der Waals surface area contributed by atoms with Crippen LogP contribution in [-0.4, -0.2) is 31.4 Å². The van der Waals surface area contributed by atoms with E-state index in [2.05, 4.69) is 16.0 Å². The van der Waals surface area contributed by atoms with Gasteiger partial charge in [-0.3, -0.25) is 9.59 Å². The highest BCUT2D eigenvalue weighted by molar-refractivity contribution is 5.99. The summed E-state index contributed by atoms with van der Waals surface area (Å²) in [4.78, 5) is 23.7. The average molecular weight is 277 g/mol. The molecule has 0 aliphatic carbocycles. The number of anilines is 1. The van der Waals surface area contributed by atoms with Gasteiger partial charge in [0.05, 0.1) is 0 Å². The largest absolute Gasteiger partial charge is 0.355 e. The van der Waals surface area contributed by atoms with E-state index in [0.29, 0.717) is 17.7 Å². The lowest BCUT2D eigenvalue weighted by molar-refractivity contribution is -0.116. The van der Waals surface area contributed by atoms with Crippen LogP contribution in [0, 0.1) is 6.92 Å². The van der Waals surface area contributed by atoms with Crippen LogP contribution >= 0.6 is 0 Å². The van der Waals surface area contributed by atoms with Crippen LogP contribution in [0.1, 0.15) is 36.2 Å². The second kappa shape index (κ2) is 7.65. The molecule has 1 unspecified atom stereocenters. The molecule has 0 aliphatic rings. The molecular formula is C15H23N3O2. The van der Waals surface area contributed by atoms with Crippen LogP contribution < -0.4 is 16.0 Å². The first-order chi connectivity index (χ1) is 9.49. The molecule has 0 aliphatic heterocycles. The molecule has 20 heavy (non-hydrogen) atoms. The number of amides is 2. The molecule has 0 spiro atoms. The maximum atomic E-state index is 11.9. The van der Waals surface area contributed by atoms with E-state index in [-0.39, 0.29) is 17.9 Å². The molecule has 5 nitrogen and oxygen atoms in total. The van der Waals surface area contributed by atoms with Gasteiger partial charge >= 0.3 is 0 Å². The van der Waals surface area contributed by atoms with Gasteiger partial charge in [0.25, 0.3) is 5.91 Å². The summed E-state index contributed by atoms with van der Waals surface area (Å²) in [5.74, 6) is -0.213. The molecule has 110 valence electrons. The Labute approximate surface area is 120 Å². The summed E-state index contributed by atoms with van der Waals surface area (Å²) in [5, 5.41) is 8.64. The quantitative estimate of drug-likeness (QED) is 0.741. The first kappa shape index (κ1) is 16.2. The summed E-state index contributed by atoms with van der Waals surface area (Å²) < 4.78 is 0. The summed E-state index contributed by atoms with van der Waals surface area (Å²) in [6.07, 6.45) is 0.400. The lowest BCUT2D eigenvalue weighted by atomic mass is 10.1. The fourth-order valence-corrected chi connectivity index (χ4v) is 2.05. The molecule has 1 rings (SSSR count). The first-order valence-electron chi connectivity index (χ1n) is 6.84. The summed E-state index contributed by atoms with van der Waals surface area (Å²) in [7, 11) is 1.59. The topological polar surface area (TPSA) is 70.2 Å². The van der Waals surface area contributed by atoms with Crippen LogP contribution in [0.3, 0.4) is 0 Å². The Balaban J connectivity index is 2.78. The smallest absolute Gasteiger partial charge is 0.251 e. The van der Waals surface area contributed by atoms with Crippen molar-refractivity contribution in [2.45, 2.75) is 33.2 Å². The average Bonchev–Trinajstić information content (AvgIpc) is 2.40. The fraction of sp³-hybridized carbons (Fsp3) is 0.467. The summed E-state index contributed by atoms with van der Waals surface area (Å²) >= 11 is 0. The van der Waals surface area contributed by atoms with E-state index in [4.69, 9.17) is 0 Å². The molecule has 0 saturated carbocycles. The Morgan fingerprint density at radius 1 is 1.30 bits per heavy atom. The number of hydrogen-bond acceptors (Lipinski definition) is 3. The summed E-state index contributed by atoms with van der Waals surface area (Å²) in [6, 6.07) is 5.44. The van der Waals surface area contributed by atoms with Crippen molar-refractivity contribution >= 4 is 17.5 Å². The van der Waals surface area contributed by atoms with Crippen molar-refractivity contribution in [3.8, 4) is 0 Å². The number of rotatable bonds is 6. The molecule has 0 heterocycles. The summed E-state index contributed by atoms with van der Waals surface area (Å²) in [5.41, 5.74) is 2.03. The number of carbonyl (C=O) groups excluding carboxylic acids is 2. The molecular weight excluding hydrogens is 254 g/mol. The molecule has 0 bridgehead atoms. The van der Waals surface area contributed by atoms with E-state index in [1.165, 1.54) is 0 Å². The minimum atomic E-state index is -0.153. The fourth-order valence-electron chi connectivity index (χ4n) is 2.05. The van der Waals surface area contributed by atoms with E-state index in [1.807, 2.05) is 20.8 Å². The van der Waals surface area contributed by atoms with E-state index in [9.17, 15) is 9.59 Å². The molecule has 1 aromatic carbocycles. The molecule has 1 aromatic rings.